The summed E-state index contributed by atoms with van der Waals surface area (Å²) in [6.07, 6.45) is 4.02. The Balaban J connectivity index is 1.39. The average Bonchev–Trinajstić information content (AvgIpc) is 2.94. The van der Waals surface area contributed by atoms with Gasteiger partial charge in [0, 0.05) is 12.6 Å². The summed E-state index contributed by atoms with van der Waals surface area (Å²) < 4.78 is 5.21. The summed E-state index contributed by atoms with van der Waals surface area (Å²) in [5.41, 5.74) is 0. The van der Waals surface area contributed by atoms with Crippen molar-refractivity contribution in [1.29, 1.82) is 0 Å². The highest BCUT2D eigenvalue weighted by atomic mass is 16.4. The molecule has 0 spiro atoms. The van der Waals surface area contributed by atoms with Gasteiger partial charge in [0.05, 0.1) is 6.54 Å². The molecule has 0 radical (unpaired) electrons. The van der Waals surface area contributed by atoms with Gasteiger partial charge < -0.3 is 19.7 Å². The Bertz CT molecular complexity index is 453. The molecule has 1 aromatic heterocycles. The predicted molar refractivity (Wildman–Crippen MR) is 70.1 cm³/mol. The zero-order valence-corrected chi connectivity index (χ0v) is 11.0. The lowest BCUT2D eigenvalue weighted by molar-refractivity contribution is 0.0660. The molecule has 0 amide bonds. The maximum atomic E-state index is 10.7. The van der Waals surface area contributed by atoms with Crippen LogP contribution in [0.1, 0.15) is 35.6 Å². The number of carbonyl (C=O) groups is 1. The molecular formula is C14H20N2O3. The molecule has 0 bridgehead atoms. The highest BCUT2D eigenvalue weighted by molar-refractivity contribution is 5.84. The number of likely N-dealkylation sites (tertiary alicyclic amines) is 1. The third-order valence-corrected chi connectivity index (χ3v) is 3.99. The van der Waals surface area contributed by atoms with Gasteiger partial charge >= 0.3 is 5.97 Å². The zero-order chi connectivity index (χ0) is 13.2. The van der Waals surface area contributed by atoms with Crippen LogP contribution in [-0.2, 0) is 6.54 Å². The van der Waals surface area contributed by atoms with E-state index in [0.717, 1.165) is 18.5 Å². The van der Waals surface area contributed by atoms with Gasteiger partial charge in [-0.2, -0.15) is 0 Å². The minimum Gasteiger partial charge on any atom is -0.475 e. The lowest BCUT2D eigenvalue weighted by atomic mass is 10.1. The molecule has 3 rings (SSSR count). The lowest BCUT2D eigenvalue weighted by Crippen LogP contribution is -2.27. The van der Waals surface area contributed by atoms with Gasteiger partial charge in [0.15, 0.2) is 0 Å². The van der Waals surface area contributed by atoms with Crippen LogP contribution in [0.5, 0.6) is 0 Å². The number of furan rings is 1. The van der Waals surface area contributed by atoms with Crippen molar-refractivity contribution >= 4 is 5.97 Å². The molecule has 2 fully saturated rings. The monoisotopic (exact) mass is 264 g/mol. The molecule has 0 aromatic carbocycles. The first kappa shape index (κ1) is 12.7. The molecule has 1 unspecified atom stereocenters. The van der Waals surface area contributed by atoms with Gasteiger partial charge in [-0.3, -0.25) is 0 Å². The van der Waals surface area contributed by atoms with Crippen molar-refractivity contribution in [3.05, 3.63) is 23.7 Å². The van der Waals surface area contributed by atoms with E-state index in [-0.39, 0.29) is 5.76 Å². The molecule has 1 aliphatic heterocycles. The Morgan fingerprint density at radius 2 is 2.26 bits per heavy atom. The number of nitrogens with zero attached hydrogens (tertiary/aromatic N) is 1. The fourth-order valence-corrected chi connectivity index (χ4v) is 2.79. The molecule has 1 atom stereocenters. The Labute approximate surface area is 112 Å². The summed E-state index contributed by atoms with van der Waals surface area (Å²) in [4.78, 5) is 13.3. The third kappa shape index (κ3) is 3.16. The SMILES string of the molecule is O=C(O)c1ccc(CNCC2CCN(C3CC3)C2)o1. The van der Waals surface area contributed by atoms with Gasteiger partial charge in [0.2, 0.25) is 5.76 Å². The fraction of sp³-hybridized carbons (Fsp3) is 0.643. The first-order chi connectivity index (χ1) is 9.22. The molecule has 104 valence electrons. The number of nitrogens with one attached hydrogen (secondary N) is 1. The van der Waals surface area contributed by atoms with Crippen LogP contribution in [0.4, 0.5) is 0 Å². The molecule has 19 heavy (non-hydrogen) atoms. The number of rotatable bonds is 6. The summed E-state index contributed by atoms with van der Waals surface area (Å²) in [5.74, 6) is 0.406. The van der Waals surface area contributed by atoms with Crippen LogP contribution < -0.4 is 5.32 Å². The zero-order valence-electron chi connectivity index (χ0n) is 11.0. The Morgan fingerprint density at radius 1 is 1.42 bits per heavy atom. The highest BCUT2D eigenvalue weighted by Crippen LogP contribution is 2.31. The van der Waals surface area contributed by atoms with Crippen molar-refractivity contribution in [3.8, 4) is 0 Å². The molecule has 2 aliphatic rings. The van der Waals surface area contributed by atoms with Crippen LogP contribution in [0.25, 0.3) is 0 Å². The Morgan fingerprint density at radius 3 is 2.95 bits per heavy atom. The van der Waals surface area contributed by atoms with Crippen molar-refractivity contribution in [2.24, 2.45) is 5.92 Å². The van der Waals surface area contributed by atoms with E-state index < -0.39 is 5.97 Å². The van der Waals surface area contributed by atoms with Crippen molar-refractivity contribution in [3.63, 3.8) is 0 Å². The summed E-state index contributed by atoms with van der Waals surface area (Å²) in [6, 6.07) is 4.10. The van der Waals surface area contributed by atoms with E-state index in [1.165, 1.54) is 38.4 Å². The van der Waals surface area contributed by atoms with Crippen LogP contribution in [0.15, 0.2) is 16.5 Å². The second kappa shape index (κ2) is 5.35. The van der Waals surface area contributed by atoms with Crippen molar-refractivity contribution in [1.82, 2.24) is 10.2 Å². The first-order valence-corrected chi connectivity index (χ1v) is 6.99. The molecule has 2 N–H and O–H groups in total. The van der Waals surface area contributed by atoms with E-state index in [1.807, 2.05) is 0 Å². The summed E-state index contributed by atoms with van der Waals surface area (Å²) in [7, 11) is 0. The number of aromatic carboxylic acids is 1. The van der Waals surface area contributed by atoms with Gasteiger partial charge in [0.1, 0.15) is 5.76 Å². The highest BCUT2D eigenvalue weighted by Gasteiger charge is 2.33. The third-order valence-electron chi connectivity index (χ3n) is 3.99. The second-order valence-corrected chi connectivity index (χ2v) is 5.58. The molecule has 1 aliphatic carbocycles. The topological polar surface area (TPSA) is 65.7 Å². The van der Waals surface area contributed by atoms with Crippen molar-refractivity contribution in [2.45, 2.75) is 31.8 Å². The van der Waals surface area contributed by atoms with Crippen LogP contribution >= 0.6 is 0 Å². The maximum Gasteiger partial charge on any atom is 0.371 e. The standard InChI is InChI=1S/C14H20N2O3/c17-14(18)13-4-3-12(19-13)8-15-7-10-5-6-16(9-10)11-1-2-11/h3-4,10-11,15H,1-2,5-9H2,(H,17,18). The Hall–Kier alpha value is -1.33. The van der Waals surface area contributed by atoms with Crippen molar-refractivity contribution < 1.29 is 14.3 Å². The van der Waals surface area contributed by atoms with Crippen molar-refractivity contribution in [2.75, 3.05) is 19.6 Å². The van der Waals surface area contributed by atoms with E-state index in [1.54, 1.807) is 6.07 Å². The summed E-state index contributed by atoms with van der Waals surface area (Å²) in [5, 5.41) is 12.1. The smallest absolute Gasteiger partial charge is 0.371 e. The van der Waals surface area contributed by atoms with Crippen LogP contribution in [0, 0.1) is 5.92 Å². The van der Waals surface area contributed by atoms with E-state index in [9.17, 15) is 4.79 Å². The second-order valence-electron chi connectivity index (χ2n) is 5.58. The predicted octanol–water partition coefficient (Wildman–Crippen LogP) is 1.55. The largest absolute Gasteiger partial charge is 0.475 e. The Kier molecular flexibility index (Phi) is 3.57. The lowest BCUT2D eigenvalue weighted by Gasteiger charge is -2.14. The molecule has 5 heteroatoms. The number of hydrogen-bond acceptors (Lipinski definition) is 4. The molecular weight excluding hydrogens is 244 g/mol. The van der Waals surface area contributed by atoms with Crippen LogP contribution in [-0.4, -0.2) is 41.7 Å². The molecule has 1 saturated carbocycles. The summed E-state index contributed by atoms with van der Waals surface area (Å²) >= 11 is 0. The first-order valence-electron chi connectivity index (χ1n) is 6.99. The number of hydrogen-bond donors (Lipinski definition) is 2. The summed E-state index contributed by atoms with van der Waals surface area (Å²) in [6.45, 7) is 4.02. The molecule has 2 heterocycles. The van der Waals surface area contributed by atoms with Gasteiger partial charge in [-0.15, -0.1) is 0 Å². The van der Waals surface area contributed by atoms with Gasteiger partial charge in [-0.1, -0.05) is 0 Å². The molecule has 1 aromatic rings. The average molecular weight is 264 g/mol. The minimum absolute atomic E-state index is 0.0116. The maximum absolute atomic E-state index is 10.7. The van der Waals surface area contributed by atoms with E-state index in [4.69, 9.17) is 9.52 Å². The molecule has 5 nitrogen and oxygen atoms in total. The number of carboxylic acid groups (broad SMARTS) is 1. The number of carboxylic acids is 1. The van der Waals surface area contributed by atoms with E-state index in [2.05, 4.69) is 10.2 Å². The normalized spacial score (nSPS) is 23.9. The van der Waals surface area contributed by atoms with Gasteiger partial charge in [-0.05, 0) is 50.4 Å². The van der Waals surface area contributed by atoms with Crippen LogP contribution in [0.2, 0.25) is 0 Å². The van der Waals surface area contributed by atoms with Gasteiger partial charge in [-0.25, -0.2) is 4.79 Å². The minimum atomic E-state index is -1.01. The van der Waals surface area contributed by atoms with E-state index >= 15 is 0 Å². The van der Waals surface area contributed by atoms with Crippen LogP contribution in [0.3, 0.4) is 0 Å². The molecule has 1 saturated heterocycles. The van der Waals surface area contributed by atoms with Gasteiger partial charge in [0.25, 0.3) is 0 Å². The van der Waals surface area contributed by atoms with E-state index in [0.29, 0.717) is 12.3 Å². The fourth-order valence-electron chi connectivity index (χ4n) is 2.79. The quantitative estimate of drug-likeness (QED) is 0.816.